The SMILES string of the molecule is CN(CCC(F)(F)F)c1ccnc(C(=O)O)c1. The number of carbonyl (C=O) groups is 1. The fraction of sp³-hybridized carbons (Fsp3) is 0.400. The van der Waals surface area contributed by atoms with Crippen molar-refractivity contribution in [1.29, 1.82) is 0 Å². The van der Waals surface area contributed by atoms with Gasteiger partial charge in [-0.15, -0.1) is 0 Å². The first-order valence-electron chi connectivity index (χ1n) is 4.77. The molecule has 0 spiro atoms. The molecule has 0 saturated heterocycles. The molecule has 0 unspecified atom stereocenters. The van der Waals surface area contributed by atoms with Gasteiger partial charge in [0.1, 0.15) is 5.69 Å². The van der Waals surface area contributed by atoms with Crippen molar-refractivity contribution in [2.45, 2.75) is 12.6 Å². The summed E-state index contributed by atoms with van der Waals surface area (Å²) in [5.41, 5.74) is 0.197. The van der Waals surface area contributed by atoms with Crippen LogP contribution in [0, 0.1) is 0 Å². The Morgan fingerprint density at radius 3 is 2.71 bits per heavy atom. The molecule has 1 heterocycles. The first-order chi connectivity index (χ1) is 7.79. The van der Waals surface area contributed by atoms with E-state index in [4.69, 9.17) is 5.11 Å². The van der Waals surface area contributed by atoms with Crippen LogP contribution >= 0.6 is 0 Å². The molecule has 0 aliphatic carbocycles. The summed E-state index contributed by atoms with van der Waals surface area (Å²) in [5, 5.41) is 8.69. The van der Waals surface area contributed by atoms with Gasteiger partial charge in [-0.2, -0.15) is 13.2 Å². The molecule has 0 atom stereocenters. The monoisotopic (exact) mass is 248 g/mol. The topological polar surface area (TPSA) is 53.4 Å². The van der Waals surface area contributed by atoms with E-state index in [-0.39, 0.29) is 12.2 Å². The van der Waals surface area contributed by atoms with Crippen molar-refractivity contribution in [1.82, 2.24) is 4.98 Å². The number of aromatic carboxylic acids is 1. The van der Waals surface area contributed by atoms with Crippen LogP contribution in [0.5, 0.6) is 0 Å². The summed E-state index contributed by atoms with van der Waals surface area (Å²) in [6.07, 6.45) is -3.92. The molecule has 0 aliphatic heterocycles. The molecule has 0 fully saturated rings. The molecule has 0 aliphatic rings. The van der Waals surface area contributed by atoms with Crippen LogP contribution < -0.4 is 4.90 Å². The molecule has 0 saturated carbocycles. The number of hydrogen-bond donors (Lipinski definition) is 1. The fourth-order valence-electron chi connectivity index (χ4n) is 1.20. The second kappa shape index (κ2) is 5.03. The van der Waals surface area contributed by atoms with Gasteiger partial charge in [-0.25, -0.2) is 9.78 Å². The Hall–Kier alpha value is -1.79. The van der Waals surface area contributed by atoms with Gasteiger partial charge in [-0.05, 0) is 12.1 Å². The standard InChI is InChI=1S/C10H11F3N2O2/c1-15(5-3-10(11,12)13)7-2-4-14-8(6-7)9(16)17/h2,4,6H,3,5H2,1H3,(H,16,17). The van der Waals surface area contributed by atoms with E-state index in [0.29, 0.717) is 5.69 Å². The van der Waals surface area contributed by atoms with E-state index in [1.807, 2.05) is 0 Å². The van der Waals surface area contributed by atoms with Crippen molar-refractivity contribution in [2.24, 2.45) is 0 Å². The summed E-state index contributed by atoms with van der Waals surface area (Å²) in [6, 6.07) is 2.70. The van der Waals surface area contributed by atoms with Gasteiger partial charge >= 0.3 is 12.1 Å². The quantitative estimate of drug-likeness (QED) is 0.887. The van der Waals surface area contributed by atoms with E-state index in [2.05, 4.69) is 4.98 Å². The van der Waals surface area contributed by atoms with E-state index in [9.17, 15) is 18.0 Å². The first kappa shape index (κ1) is 13.3. The minimum atomic E-state index is -4.23. The minimum absolute atomic E-state index is 0.193. The number of nitrogens with zero attached hydrogens (tertiary/aromatic N) is 2. The maximum Gasteiger partial charge on any atom is 0.390 e. The van der Waals surface area contributed by atoms with E-state index >= 15 is 0 Å². The zero-order chi connectivity index (χ0) is 13.1. The van der Waals surface area contributed by atoms with E-state index < -0.39 is 18.6 Å². The van der Waals surface area contributed by atoms with Gasteiger partial charge in [0.2, 0.25) is 0 Å². The lowest BCUT2D eigenvalue weighted by atomic mass is 10.3. The number of carboxylic acid groups (broad SMARTS) is 1. The van der Waals surface area contributed by atoms with Gasteiger partial charge < -0.3 is 10.0 Å². The molecule has 1 aromatic heterocycles. The predicted octanol–water partition coefficient (Wildman–Crippen LogP) is 2.17. The van der Waals surface area contributed by atoms with Gasteiger partial charge in [0.25, 0.3) is 0 Å². The Morgan fingerprint density at radius 1 is 1.53 bits per heavy atom. The molecule has 0 aromatic carbocycles. The number of rotatable bonds is 4. The lowest BCUT2D eigenvalue weighted by molar-refractivity contribution is -0.132. The van der Waals surface area contributed by atoms with Gasteiger partial charge in [0.15, 0.2) is 0 Å². The number of carboxylic acids is 1. The highest BCUT2D eigenvalue weighted by Crippen LogP contribution is 2.21. The molecule has 1 N–H and O–H groups in total. The first-order valence-corrected chi connectivity index (χ1v) is 4.77. The maximum atomic E-state index is 12.0. The zero-order valence-electron chi connectivity index (χ0n) is 9.03. The van der Waals surface area contributed by atoms with Gasteiger partial charge in [-0.3, -0.25) is 0 Å². The Bertz CT molecular complexity index is 407. The Morgan fingerprint density at radius 2 is 2.18 bits per heavy atom. The summed E-state index contributed by atoms with van der Waals surface area (Å²) in [7, 11) is 1.46. The number of alkyl halides is 3. The zero-order valence-corrected chi connectivity index (χ0v) is 9.03. The van der Waals surface area contributed by atoms with Crippen molar-refractivity contribution in [3.8, 4) is 0 Å². The van der Waals surface area contributed by atoms with Gasteiger partial charge in [-0.1, -0.05) is 0 Å². The van der Waals surface area contributed by atoms with E-state index in [1.165, 1.54) is 30.3 Å². The fourth-order valence-corrected chi connectivity index (χ4v) is 1.20. The third-order valence-corrected chi connectivity index (χ3v) is 2.13. The average Bonchev–Trinajstić information content (AvgIpc) is 2.25. The Labute approximate surface area is 95.7 Å². The molecule has 1 rings (SSSR count). The van der Waals surface area contributed by atoms with Crippen molar-refractivity contribution < 1.29 is 23.1 Å². The van der Waals surface area contributed by atoms with Crippen LogP contribution in [-0.2, 0) is 0 Å². The summed E-state index contributed by atoms with van der Waals surface area (Å²) in [6.45, 7) is -0.230. The molecule has 0 radical (unpaired) electrons. The highest BCUT2D eigenvalue weighted by molar-refractivity contribution is 5.86. The number of anilines is 1. The molecule has 17 heavy (non-hydrogen) atoms. The number of aromatic nitrogens is 1. The Kier molecular flexibility index (Phi) is 3.93. The van der Waals surface area contributed by atoms with Crippen LogP contribution in [0.4, 0.5) is 18.9 Å². The molecule has 7 heteroatoms. The number of hydrogen-bond acceptors (Lipinski definition) is 3. The molecule has 1 aromatic rings. The smallest absolute Gasteiger partial charge is 0.390 e. The second-order valence-corrected chi connectivity index (χ2v) is 3.49. The molecule has 0 bridgehead atoms. The van der Waals surface area contributed by atoms with Gasteiger partial charge in [0.05, 0.1) is 6.42 Å². The van der Waals surface area contributed by atoms with Crippen molar-refractivity contribution in [3.63, 3.8) is 0 Å². The second-order valence-electron chi connectivity index (χ2n) is 3.49. The minimum Gasteiger partial charge on any atom is -0.477 e. The highest BCUT2D eigenvalue weighted by Gasteiger charge is 2.27. The van der Waals surface area contributed by atoms with E-state index in [0.717, 1.165) is 0 Å². The largest absolute Gasteiger partial charge is 0.477 e. The summed E-state index contributed by atoms with van der Waals surface area (Å²) < 4.78 is 36.0. The number of halogens is 3. The predicted molar refractivity (Wildman–Crippen MR) is 55.1 cm³/mol. The van der Waals surface area contributed by atoms with E-state index in [1.54, 1.807) is 0 Å². The molecular formula is C10H11F3N2O2. The highest BCUT2D eigenvalue weighted by atomic mass is 19.4. The maximum absolute atomic E-state index is 12.0. The van der Waals surface area contributed by atoms with Crippen LogP contribution in [0.2, 0.25) is 0 Å². The molecular weight excluding hydrogens is 237 g/mol. The van der Waals surface area contributed by atoms with Crippen LogP contribution in [0.3, 0.4) is 0 Å². The van der Waals surface area contributed by atoms with Crippen LogP contribution in [0.1, 0.15) is 16.9 Å². The summed E-state index contributed by atoms with van der Waals surface area (Å²) >= 11 is 0. The lowest BCUT2D eigenvalue weighted by Crippen LogP contribution is -2.24. The average molecular weight is 248 g/mol. The Balaban J connectivity index is 2.72. The van der Waals surface area contributed by atoms with Crippen molar-refractivity contribution in [3.05, 3.63) is 24.0 Å². The van der Waals surface area contributed by atoms with Crippen LogP contribution in [0.25, 0.3) is 0 Å². The third-order valence-electron chi connectivity index (χ3n) is 2.13. The molecule has 94 valence electrons. The third kappa shape index (κ3) is 4.29. The normalized spacial score (nSPS) is 11.3. The lowest BCUT2D eigenvalue weighted by Gasteiger charge is -2.20. The van der Waals surface area contributed by atoms with Crippen molar-refractivity contribution >= 4 is 11.7 Å². The van der Waals surface area contributed by atoms with Crippen molar-refractivity contribution in [2.75, 3.05) is 18.5 Å². The summed E-state index contributed by atoms with van der Waals surface area (Å²) in [4.78, 5) is 15.5. The number of pyridine rings is 1. The summed E-state index contributed by atoms with van der Waals surface area (Å²) in [5.74, 6) is -1.21. The molecule has 0 amide bonds. The van der Waals surface area contributed by atoms with Crippen LogP contribution in [-0.4, -0.2) is 35.8 Å². The molecule has 4 nitrogen and oxygen atoms in total. The van der Waals surface area contributed by atoms with Gasteiger partial charge in [0, 0.05) is 25.5 Å². The van der Waals surface area contributed by atoms with Crippen LogP contribution in [0.15, 0.2) is 18.3 Å².